The van der Waals surface area contributed by atoms with Crippen molar-refractivity contribution in [2.45, 2.75) is 58.6 Å². The molecule has 1 fully saturated rings. The van der Waals surface area contributed by atoms with E-state index in [2.05, 4.69) is 32.2 Å². The lowest BCUT2D eigenvalue weighted by Crippen LogP contribution is -2.25. The Balaban J connectivity index is 1.68. The summed E-state index contributed by atoms with van der Waals surface area (Å²) in [4.78, 5) is 2.84. The van der Waals surface area contributed by atoms with Crippen LogP contribution in [0.1, 0.15) is 54.0 Å². The molecule has 2 nitrogen and oxygen atoms in total. The minimum Gasteiger partial charge on any atom is -0.377 e. The average Bonchev–Trinajstić information content (AvgIpc) is 2.94. The van der Waals surface area contributed by atoms with Crippen LogP contribution >= 0.6 is 11.3 Å². The Morgan fingerprint density at radius 1 is 1.39 bits per heavy atom. The Hall–Kier alpha value is -0.380. The Labute approximate surface area is 115 Å². The second kappa shape index (κ2) is 6.69. The maximum atomic E-state index is 5.86. The monoisotopic (exact) mass is 267 g/mol. The van der Waals surface area contributed by atoms with Gasteiger partial charge in [0, 0.05) is 22.3 Å². The number of ether oxygens (including phenoxy) is 1. The molecule has 1 atom stereocenters. The summed E-state index contributed by atoms with van der Waals surface area (Å²) >= 11 is 1.89. The summed E-state index contributed by atoms with van der Waals surface area (Å²) in [6.07, 6.45) is 5.76. The standard InChI is InChI=1S/C15H25NOS/c1-11-10-15(13(3)18-11)12(2)16-8-9-17-14-6-4-5-7-14/h10,12,14,16H,4-9H2,1-3H3. The van der Waals surface area contributed by atoms with Crippen LogP contribution in [-0.4, -0.2) is 19.3 Å². The van der Waals surface area contributed by atoms with Crippen molar-refractivity contribution in [2.75, 3.05) is 13.2 Å². The molecular weight excluding hydrogens is 242 g/mol. The van der Waals surface area contributed by atoms with Crippen LogP contribution in [-0.2, 0) is 4.74 Å². The highest BCUT2D eigenvalue weighted by Crippen LogP contribution is 2.26. The van der Waals surface area contributed by atoms with Gasteiger partial charge in [-0.05, 0) is 45.2 Å². The molecule has 1 unspecified atom stereocenters. The SMILES string of the molecule is Cc1cc(C(C)NCCOC2CCCC2)c(C)s1. The maximum absolute atomic E-state index is 5.86. The van der Waals surface area contributed by atoms with Gasteiger partial charge in [0.1, 0.15) is 0 Å². The van der Waals surface area contributed by atoms with Crippen LogP contribution in [0.3, 0.4) is 0 Å². The minimum absolute atomic E-state index is 0.433. The molecule has 1 aromatic rings. The Kier molecular flexibility index (Phi) is 5.22. The first kappa shape index (κ1) is 14.0. The lowest BCUT2D eigenvalue weighted by Gasteiger charge is -2.16. The number of hydrogen-bond donors (Lipinski definition) is 1. The van der Waals surface area contributed by atoms with E-state index in [9.17, 15) is 0 Å². The van der Waals surface area contributed by atoms with Crippen LogP contribution in [0.4, 0.5) is 0 Å². The summed E-state index contributed by atoms with van der Waals surface area (Å²) in [7, 11) is 0. The van der Waals surface area contributed by atoms with Crippen LogP contribution in [0.2, 0.25) is 0 Å². The van der Waals surface area contributed by atoms with Gasteiger partial charge in [0.15, 0.2) is 0 Å². The first-order valence-corrected chi connectivity index (χ1v) is 7.90. The summed E-state index contributed by atoms with van der Waals surface area (Å²) in [5.74, 6) is 0. The molecule has 0 aliphatic heterocycles. The molecule has 1 N–H and O–H groups in total. The van der Waals surface area contributed by atoms with Gasteiger partial charge in [0.25, 0.3) is 0 Å². The molecule has 0 radical (unpaired) electrons. The smallest absolute Gasteiger partial charge is 0.0594 e. The molecule has 1 aromatic heterocycles. The topological polar surface area (TPSA) is 21.3 Å². The van der Waals surface area contributed by atoms with Crippen molar-refractivity contribution in [3.8, 4) is 0 Å². The molecule has 0 amide bonds. The highest BCUT2D eigenvalue weighted by molar-refractivity contribution is 7.12. The fraction of sp³-hybridized carbons (Fsp3) is 0.733. The normalized spacial score (nSPS) is 18.4. The van der Waals surface area contributed by atoms with Gasteiger partial charge in [-0.15, -0.1) is 11.3 Å². The molecule has 1 heterocycles. The molecular formula is C15H25NOS. The highest BCUT2D eigenvalue weighted by atomic mass is 32.1. The predicted molar refractivity (Wildman–Crippen MR) is 78.4 cm³/mol. The van der Waals surface area contributed by atoms with Gasteiger partial charge in [-0.2, -0.15) is 0 Å². The van der Waals surface area contributed by atoms with Gasteiger partial charge in [0.2, 0.25) is 0 Å². The third-order valence-corrected chi connectivity index (χ3v) is 4.74. The van der Waals surface area contributed by atoms with E-state index in [4.69, 9.17) is 4.74 Å². The van der Waals surface area contributed by atoms with Gasteiger partial charge in [-0.25, -0.2) is 0 Å². The lowest BCUT2D eigenvalue weighted by atomic mass is 10.1. The molecule has 0 aromatic carbocycles. The van der Waals surface area contributed by atoms with Crippen molar-refractivity contribution < 1.29 is 4.74 Å². The highest BCUT2D eigenvalue weighted by Gasteiger charge is 2.15. The van der Waals surface area contributed by atoms with Crippen LogP contribution in [0.5, 0.6) is 0 Å². The van der Waals surface area contributed by atoms with Crippen LogP contribution in [0.25, 0.3) is 0 Å². The van der Waals surface area contributed by atoms with Gasteiger partial charge < -0.3 is 10.1 Å². The van der Waals surface area contributed by atoms with Crippen molar-refractivity contribution in [3.63, 3.8) is 0 Å². The van der Waals surface area contributed by atoms with E-state index >= 15 is 0 Å². The van der Waals surface area contributed by atoms with Gasteiger partial charge in [-0.3, -0.25) is 0 Å². The van der Waals surface area contributed by atoms with E-state index < -0.39 is 0 Å². The predicted octanol–water partition coefficient (Wildman–Crippen LogP) is 3.97. The number of thiophene rings is 1. The Morgan fingerprint density at radius 2 is 2.11 bits per heavy atom. The second-order valence-corrected chi connectivity index (χ2v) is 6.78. The van der Waals surface area contributed by atoms with Gasteiger partial charge in [-0.1, -0.05) is 12.8 Å². The zero-order valence-electron chi connectivity index (χ0n) is 11.8. The van der Waals surface area contributed by atoms with E-state index in [0.717, 1.165) is 13.2 Å². The lowest BCUT2D eigenvalue weighted by molar-refractivity contribution is 0.0593. The molecule has 0 saturated heterocycles. The second-order valence-electron chi connectivity index (χ2n) is 5.32. The van der Waals surface area contributed by atoms with Crippen LogP contribution in [0, 0.1) is 13.8 Å². The zero-order chi connectivity index (χ0) is 13.0. The third-order valence-electron chi connectivity index (χ3n) is 3.75. The molecule has 0 bridgehead atoms. The molecule has 18 heavy (non-hydrogen) atoms. The molecule has 2 rings (SSSR count). The Bertz CT molecular complexity index is 369. The fourth-order valence-electron chi connectivity index (χ4n) is 2.75. The summed E-state index contributed by atoms with van der Waals surface area (Å²) in [5.41, 5.74) is 1.44. The maximum Gasteiger partial charge on any atom is 0.0594 e. The molecule has 102 valence electrons. The third kappa shape index (κ3) is 3.81. The fourth-order valence-corrected chi connectivity index (χ4v) is 3.77. The summed E-state index contributed by atoms with van der Waals surface area (Å²) < 4.78 is 5.86. The summed E-state index contributed by atoms with van der Waals surface area (Å²) in [6.45, 7) is 8.42. The van der Waals surface area contributed by atoms with Crippen molar-refractivity contribution in [2.24, 2.45) is 0 Å². The van der Waals surface area contributed by atoms with E-state index in [0.29, 0.717) is 12.1 Å². The molecule has 0 spiro atoms. The summed E-state index contributed by atoms with van der Waals surface area (Å²) in [5, 5.41) is 3.56. The van der Waals surface area contributed by atoms with Gasteiger partial charge >= 0.3 is 0 Å². The van der Waals surface area contributed by atoms with Crippen molar-refractivity contribution in [1.82, 2.24) is 5.32 Å². The number of nitrogens with one attached hydrogen (secondary N) is 1. The van der Waals surface area contributed by atoms with Crippen molar-refractivity contribution in [1.29, 1.82) is 0 Å². The van der Waals surface area contributed by atoms with Crippen LogP contribution < -0.4 is 5.32 Å². The Morgan fingerprint density at radius 3 is 2.72 bits per heavy atom. The molecule has 1 saturated carbocycles. The van der Waals surface area contributed by atoms with Crippen molar-refractivity contribution >= 4 is 11.3 Å². The number of aryl methyl sites for hydroxylation is 2. The summed E-state index contributed by atoms with van der Waals surface area (Å²) in [6, 6.07) is 2.73. The number of rotatable bonds is 6. The molecule has 1 aliphatic rings. The van der Waals surface area contributed by atoms with E-state index in [-0.39, 0.29) is 0 Å². The number of hydrogen-bond acceptors (Lipinski definition) is 3. The first-order valence-electron chi connectivity index (χ1n) is 7.08. The van der Waals surface area contributed by atoms with Crippen molar-refractivity contribution in [3.05, 3.63) is 21.4 Å². The minimum atomic E-state index is 0.433. The van der Waals surface area contributed by atoms with E-state index in [1.807, 2.05) is 11.3 Å². The molecule has 3 heteroatoms. The average molecular weight is 267 g/mol. The quantitative estimate of drug-likeness (QED) is 0.787. The van der Waals surface area contributed by atoms with E-state index in [1.54, 1.807) is 0 Å². The van der Waals surface area contributed by atoms with Gasteiger partial charge in [0.05, 0.1) is 12.7 Å². The zero-order valence-corrected chi connectivity index (χ0v) is 12.6. The first-order chi connectivity index (χ1) is 8.66. The van der Waals surface area contributed by atoms with Crippen LogP contribution in [0.15, 0.2) is 6.07 Å². The largest absolute Gasteiger partial charge is 0.377 e. The molecule has 1 aliphatic carbocycles. The van der Waals surface area contributed by atoms with E-state index in [1.165, 1.54) is 41.0 Å².